The number of para-hydroxylation sites is 3. The maximum absolute atomic E-state index is 6.56. The van der Waals surface area contributed by atoms with E-state index in [9.17, 15) is 0 Å². The molecule has 0 saturated carbocycles. The van der Waals surface area contributed by atoms with Crippen LogP contribution in [0, 0.1) is 0 Å². The summed E-state index contributed by atoms with van der Waals surface area (Å²) in [7, 11) is 0. The molecule has 0 fully saturated rings. The SMILES string of the molecule is c1ccc(-c2cccc(-c3nc(-c4ccc5oc6cc7c8ccccc8n(-c8ccccc8)c7cc6c5c4)nc(-c4cccc5oc6ccccc6c45)n3)c2)cc1. The van der Waals surface area contributed by atoms with Gasteiger partial charge in [-0.25, -0.2) is 15.0 Å². The fourth-order valence-electron chi connectivity index (χ4n) is 8.42. The smallest absolute Gasteiger partial charge is 0.164 e. The van der Waals surface area contributed by atoms with E-state index in [1.807, 2.05) is 48.5 Å². The molecule has 12 rings (SSSR count). The van der Waals surface area contributed by atoms with Gasteiger partial charge in [-0.05, 0) is 77.9 Å². The van der Waals surface area contributed by atoms with Crippen LogP contribution in [-0.4, -0.2) is 19.5 Å². The molecule has 6 nitrogen and oxygen atoms in total. The van der Waals surface area contributed by atoms with E-state index in [1.165, 1.54) is 5.39 Å². The second kappa shape index (κ2) is 12.3. The van der Waals surface area contributed by atoms with Crippen molar-refractivity contribution in [3.8, 4) is 51.0 Å². The highest BCUT2D eigenvalue weighted by Gasteiger charge is 2.20. The predicted molar refractivity (Wildman–Crippen MR) is 230 cm³/mol. The van der Waals surface area contributed by atoms with Gasteiger partial charge in [-0.15, -0.1) is 0 Å². The van der Waals surface area contributed by atoms with Crippen molar-refractivity contribution >= 4 is 65.7 Å². The second-order valence-electron chi connectivity index (χ2n) is 14.4. The molecular formula is C51H30N4O2. The van der Waals surface area contributed by atoms with Gasteiger partial charge in [0.25, 0.3) is 0 Å². The van der Waals surface area contributed by atoms with Gasteiger partial charge in [0, 0.05) is 54.7 Å². The van der Waals surface area contributed by atoms with E-state index < -0.39 is 0 Å². The molecule has 0 amide bonds. The molecule has 0 radical (unpaired) electrons. The number of fused-ring (bicyclic) bond motifs is 9. The van der Waals surface area contributed by atoms with Gasteiger partial charge in [-0.2, -0.15) is 0 Å². The lowest BCUT2D eigenvalue weighted by Gasteiger charge is -2.10. The van der Waals surface area contributed by atoms with Crippen LogP contribution < -0.4 is 0 Å². The van der Waals surface area contributed by atoms with Gasteiger partial charge in [-0.1, -0.05) is 115 Å². The molecule has 57 heavy (non-hydrogen) atoms. The Balaban J connectivity index is 1.09. The van der Waals surface area contributed by atoms with Crippen molar-refractivity contribution in [2.24, 2.45) is 0 Å². The van der Waals surface area contributed by atoms with E-state index in [4.69, 9.17) is 23.8 Å². The molecule has 4 heterocycles. The standard InChI is InChI=1S/C51H30N4O2/c1-3-13-31(14-4-1)32-15-11-16-33(27-32)49-52-50(54-51(53-49)38-21-12-24-46-48(38)37-20-8-10-23-44(37)56-46)34-25-26-45-40(28-34)41-29-43-39(30-47(41)57-45)36-19-7-9-22-42(36)55(43)35-17-5-2-6-18-35/h1-30H. The third-order valence-corrected chi connectivity index (χ3v) is 11.0. The van der Waals surface area contributed by atoms with E-state index in [1.54, 1.807) is 0 Å². The van der Waals surface area contributed by atoms with Crippen LogP contribution in [-0.2, 0) is 0 Å². The molecule has 12 aromatic rings. The number of hydrogen-bond donors (Lipinski definition) is 0. The lowest BCUT2D eigenvalue weighted by Crippen LogP contribution is -2.00. The van der Waals surface area contributed by atoms with Crippen molar-refractivity contribution < 1.29 is 8.83 Å². The van der Waals surface area contributed by atoms with Gasteiger partial charge in [0.05, 0.1) is 11.0 Å². The monoisotopic (exact) mass is 730 g/mol. The first kappa shape index (κ1) is 31.5. The maximum Gasteiger partial charge on any atom is 0.164 e. The Kier molecular flexibility index (Phi) is 6.83. The first-order valence-electron chi connectivity index (χ1n) is 19.0. The maximum atomic E-state index is 6.56. The summed E-state index contributed by atoms with van der Waals surface area (Å²) in [5, 5.41) is 6.34. The summed E-state index contributed by atoms with van der Waals surface area (Å²) >= 11 is 0. The molecule has 0 aliphatic carbocycles. The minimum absolute atomic E-state index is 0.570. The van der Waals surface area contributed by atoms with E-state index in [-0.39, 0.29) is 0 Å². The van der Waals surface area contributed by atoms with E-state index in [0.717, 1.165) is 93.8 Å². The molecule has 0 atom stereocenters. The van der Waals surface area contributed by atoms with E-state index >= 15 is 0 Å². The fourth-order valence-corrected chi connectivity index (χ4v) is 8.42. The van der Waals surface area contributed by atoms with Crippen LogP contribution in [0.25, 0.3) is 117 Å². The number of furan rings is 2. The Morgan fingerprint density at radius 2 is 0.947 bits per heavy atom. The number of rotatable bonds is 5. The van der Waals surface area contributed by atoms with Crippen molar-refractivity contribution in [3.05, 3.63) is 182 Å². The molecule has 4 aromatic heterocycles. The molecule has 0 aliphatic rings. The Morgan fingerprint density at radius 3 is 1.81 bits per heavy atom. The van der Waals surface area contributed by atoms with Gasteiger partial charge in [0.2, 0.25) is 0 Å². The number of aromatic nitrogens is 4. The largest absolute Gasteiger partial charge is 0.456 e. The van der Waals surface area contributed by atoms with Crippen LogP contribution in [0.4, 0.5) is 0 Å². The molecule has 0 aliphatic heterocycles. The second-order valence-corrected chi connectivity index (χ2v) is 14.4. The lowest BCUT2D eigenvalue weighted by molar-refractivity contribution is 0.668. The Morgan fingerprint density at radius 1 is 0.333 bits per heavy atom. The van der Waals surface area contributed by atoms with Crippen LogP contribution in [0.15, 0.2) is 191 Å². The molecule has 6 heteroatoms. The molecule has 0 N–H and O–H groups in total. The third kappa shape index (κ3) is 5.01. The summed E-state index contributed by atoms with van der Waals surface area (Å²) in [6, 6.07) is 62.7. The zero-order valence-corrected chi connectivity index (χ0v) is 30.4. The van der Waals surface area contributed by atoms with Crippen molar-refractivity contribution in [3.63, 3.8) is 0 Å². The Labute approximate surface area is 325 Å². The lowest BCUT2D eigenvalue weighted by atomic mass is 10.0. The van der Waals surface area contributed by atoms with E-state index in [0.29, 0.717) is 17.5 Å². The molecular weight excluding hydrogens is 701 g/mol. The first-order valence-corrected chi connectivity index (χ1v) is 19.0. The minimum Gasteiger partial charge on any atom is -0.456 e. The quantitative estimate of drug-likeness (QED) is 0.176. The van der Waals surface area contributed by atoms with Crippen LogP contribution in [0.1, 0.15) is 0 Å². The predicted octanol–water partition coefficient (Wildman–Crippen LogP) is 13.4. The van der Waals surface area contributed by atoms with Crippen molar-refractivity contribution in [2.75, 3.05) is 0 Å². The molecule has 0 unspecified atom stereocenters. The summed E-state index contributed by atoms with van der Waals surface area (Å²) in [6.07, 6.45) is 0. The van der Waals surface area contributed by atoms with Crippen molar-refractivity contribution in [1.29, 1.82) is 0 Å². The average molecular weight is 731 g/mol. The van der Waals surface area contributed by atoms with Crippen molar-refractivity contribution in [1.82, 2.24) is 19.5 Å². The Hall–Kier alpha value is -7.83. The van der Waals surface area contributed by atoms with Gasteiger partial charge in [0.1, 0.15) is 22.3 Å². The molecule has 266 valence electrons. The summed E-state index contributed by atoms with van der Waals surface area (Å²) < 4.78 is 15.2. The van der Waals surface area contributed by atoms with Gasteiger partial charge in [-0.3, -0.25) is 0 Å². The van der Waals surface area contributed by atoms with Gasteiger partial charge < -0.3 is 13.4 Å². The van der Waals surface area contributed by atoms with Crippen LogP contribution in [0.3, 0.4) is 0 Å². The molecule has 0 bridgehead atoms. The molecule has 0 saturated heterocycles. The number of benzene rings is 8. The first-order chi connectivity index (χ1) is 28.2. The topological polar surface area (TPSA) is 69.9 Å². The fraction of sp³-hybridized carbons (Fsp3) is 0. The van der Waals surface area contributed by atoms with Gasteiger partial charge >= 0.3 is 0 Å². The Bertz CT molecular complexity index is 3530. The highest BCUT2D eigenvalue weighted by Crippen LogP contribution is 2.40. The zero-order chi connectivity index (χ0) is 37.5. The van der Waals surface area contributed by atoms with Gasteiger partial charge in [0.15, 0.2) is 17.5 Å². The highest BCUT2D eigenvalue weighted by atomic mass is 16.3. The summed E-state index contributed by atoms with van der Waals surface area (Å²) in [4.78, 5) is 15.6. The highest BCUT2D eigenvalue weighted by molar-refractivity contribution is 6.17. The van der Waals surface area contributed by atoms with E-state index in [2.05, 4.69) is 138 Å². The summed E-state index contributed by atoms with van der Waals surface area (Å²) in [5.74, 6) is 1.73. The normalized spacial score (nSPS) is 11.9. The van der Waals surface area contributed by atoms with Crippen LogP contribution in [0.5, 0.6) is 0 Å². The summed E-state index contributed by atoms with van der Waals surface area (Å²) in [5.41, 5.74) is 11.5. The van der Waals surface area contributed by atoms with Crippen molar-refractivity contribution in [2.45, 2.75) is 0 Å². The minimum atomic E-state index is 0.570. The average Bonchev–Trinajstić information content (AvgIpc) is 3.95. The zero-order valence-electron chi connectivity index (χ0n) is 30.4. The number of hydrogen-bond acceptors (Lipinski definition) is 5. The van der Waals surface area contributed by atoms with Crippen LogP contribution >= 0.6 is 0 Å². The number of nitrogens with zero attached hydrogens (tertiary/aromatic N) is 4. The van der Waals surface area contributed by atoms with Crippen LogP contribution in [0.2, 0.25) is 0 Å². The summed E-state index contributed by atoms with van der Waals surface area (Å²) in [6.45, 7) is 0. The molecule has 8 aromatic carbocycles. The third-order valence-electron chi connectivity index (χ3n) is 11.0. The molecule has 0 spiro atoms.